The van der Waals surface area contributed by atoms with Gasteiger partial charge in [0.2, 0.25) is 0 Å². The zero-order valence-corrected chi connectivity index (χ0v) is 27.5. The maximum absolute atomic E-state index is 2.49. The van der Waals surface area contributed by atoms with Gasteiger partial charge < -0.3 is 0 Å². The highest BCUT2D eigenvalue weighted by molar-refractivity contribution is 7.27. The molecule has 0 spiro atoms. The summed E-state index contributed by atoms with van der Waals surface area (Å²) in [5.41, 5.74) is 0. The summed E-state index contributed by atoms with van der Waals surface area (Å²) in [6, 6.07) is 14.9. The fourth-order valence-corrected chi connectivity index (χ4v) is 9.66. The van der Waals surface area contributed by atoms with Gasteiger partial charge in [-0.3, -0.25) is 0 Å². The summed E-state index contributed by atoms with van der Waals surface area (Å²) < 4.78 is 5.81. The molecule has 5 rings (SSSR count). The van der Waals surface area contributed by atoms with Crippen LogP contribution in [0.4, 0.5) is 0 Å². The van der Waals surface area contributed by atoms with Gasteiger partial charge in [0, 0.05) is 39.3 Å². The zero-order valence-electron chi connectivity index (χ0n) is 25.1. The lowest BCUT2D eigenvalue weighted by molar-refractivity contribution is 0.509. The molecule has 0 saturated carbocycles. The Morgan fingerprint density at radius 1 is 0.436 bits per heavy atom. The van der Waals surface area contributed by atoms with Gasteiger partial charge in [-0.25, -0.2) is 0 Å². The summed E-state index contributed by atoms with van der Waals surface area (Å²) >= 11 is 6.04. The Morgan fingerprint density at radius 2 is 0.846 bits per heavy atom. The molecule has 39 heavy (non-hydrogen) atoms. The Morgan fingerprint density at radius 3 is 1.26 bits per heavy atom. The van der Waals surface area contributed by atoms with Crippen molar-refractivity contribution in [2.45, 2.75) is 118 Å². The van der Waals surface area contributed by atoms with Crippen molar-refractivity contribution >= 4 is 74.4 Å². The van der Waals surface area contributed by atoms with E-state index in [9.17, 15) is 0 Å². The first-order chi connectivity index (χ1) is 18.8. The second-order valence-corrected chi connectivity index (χ2v) is 16.4. The van der Waals surface area contributed by atoms with Crippen molar-refractivity contribution in [3.8, 4) is 0 Å². The van der Waals surface area contributed by atoms with Crippen molar-refractivity contribution in [2.75, 3.05) is 0 Å². The maximum atomic E-state index is 2.49. The minimum atomic E-state index is 0.664. The van der Waals surface area contributed by atoms with Crippen molar-refractivity contribution in [3.05, 3.63) is 46.2 Å². The molecule has 0 aliphatic heterocycles. The van der Waals surface area contributed by atoms with Crippen LogP contribution >= 0.6 is 34.0 Å². The fourth-order valence-electron chi connectivity index (χ4n) is 6.02. The quantitative estimate of drug-likeness (QED) is 0.115. The number of unbranched alkanes of at least 4 members (excludes halogenated alkanes) is 4. The predicted molar refractivity (Wildman–Crippen MR) is 183 cm³/mol. The topological polar surface area (TPSA) is 0 Å². The number of hydrogen-bond donors (Lipinski definition) is 0. The average Bonchev–Trinajstić information content (AvgIpc) is 3.59. The summed E-state index contributed by atoms with van der Waals surface area (Å²) in [5, 5.41) is 5.76. The molecule has 5 aromatic rings. The van der Waals surface area contributed by atoms with Crippen molar-refractivity contribution in [3.63, 3.8) is 0 Å². The van der Waals surface area contributed by atoms with Crippen molar-refractivity contribution in [1.29, 1.82) is 0 Å². The van der Waals surface area contributed by atoms with E-state index in [2.05, 4.69) is 77.9 Å². The molecule has 3 aromatic heterocycles. The van der Waals surface area contributed by atoms with Crippen molar-refractivity contribution < 1.29 is 0 Å². The molecule has 0 bridgehead atoms. The second-order valence-electron chi connectivity index (χ2n) is 13.0. The summed E-state index contributed by atoms with van der Waals surface area (Å²) in [6.07, 6.45) is 13.6. The van der Waals surface area contributed by atoms with E-state index in [-0.39, 0.29) is 0 Å². The van der Waals surface area contributed by atoms with E-state index in [1.165, 1.54) is 105 Å². The summed E-state index contributed by atoms with van der Waals surface area (Å²) in [5.74, 6) is 3.01. The Kier molecular flexibility index (Phi) is 9.73. The molecule has 2 aromatic carbocycles. The molecule has 0 aliphatic rings. The van der Waals surface area contributed by atoms with E-state index in [1.807, 2.05) is 34.0 Å². The molecular weight excluding hydrogens is 529 g/mol. The van der Waals surface area contributed by atoms with E-state index in [0.29, 0.717) is 11.8 Å². The summed E-state index contributed by atoms with van der Waals surface area (Å²) in [6.45, 7) is 14.2. The minimum absolute atomic E-state index is 0.664. The lowest BCUT2D eigenvalue weighted by atomic mass is 9.98. The number of thiophene rings is 3. The summed E-state index contributed by atoms with van der Waals surface area (Å²) in [7, 11) is 0. The molecule has 0 radical (unpaired) electrons. The van der Waals surface area contributed by atoms with Gasteiger partial charge in [-0.05, 0) is 83.7 Å². The first kappa shape index (κ1) is 29.1. The molecule has 0 amide bonds. The summed E-state index contributed by atoms with van der Waals surface area (Å²) in [4.78, 5) is 3.14. The van der Waals surface area contributed by atoms with Crippen LogP contribution in [0, 0.1) is 11.8 Å². The van der Waals surface area contributed by atoms with E-state index >= 15 is 0 Å². The van der Waals surface area contributed by atoms with Gasteiger partial charge in [0.15, 0.2) is 0 Å². The van der Waals surface area contributed by atoms with Crippen LogP contribution in [0.15, 0.2) is 36.4 Å². The highest BCUT2D eigenvalue weighted by Gasteiger charge is 2.15. The standard InChI is InChI=1S/C36H48S3/c1-23(2)13-9-7-11-15-25(5)31-19-27-17-29-30-18-28-20-32(26(6)16-12-8-10-14-24(3)4)38-34(28)22-36(30)39-35(29)21-33(27)37-31/h17-26H,7-16H2,1-6H3. The molecule has 0 aliphatic carbocycles. The second kappa shape index (κ2) is 13.0. The third-order valence-corrected chi connectivity index (χ3v) is 12.4. The van der Waals surface area contributed by atoms with Crippen LogP contribution in [0.25, 0.3) is 40.3 Å². The maximum Gasteiger partial charge on any atom is 0.0369 e. The Balaban J connectivity index is 1.30. The third kappa shape index (κ3) is 7.08. The highest BCUT2D eigenvalue weighted by Crippen LogP contribution is 2.43. The smallest absolute Gasteiger partial charge is 0.0369 e. The SMILES string of the molecule is CC(C)CCCCCC(C)c1cc2cc3c(cc2s1)sc1cc2sc(C(C)CCCCCC(C)C)cc2cc13. The van der Waals surface area contributed by atoms with Gasteiger partial charge >= 0.3 is 0 Å². The zero-order chi connectivity index (χ0) is 27.5. The lowest BCUT2D eigenvalue weighted by Crippen LogP contribution is -1.91. The molecule has 0 saturated heterocycles. The van der Waals surface area contributed by atoms with E-state index in [4.69, 9.17) is 0 Å². The van der Waals surface area contributed by atoms with Crippen LogP contribution in [-0.4, -0.2) is 0 Å². The number of hydrogen-bond acceptors (Lipinski definition) is 3. The van der Waals surface area contributed by atoms with E-state index in [0.717, 1.165) is 11.8 Å². The van der Waals surface area contributed by atoms with Crippen LogP contribution in [0.2, 0.25) is 0 Å². The van der Waals surface area contributed by atoms with E-state index in [1.54, 1.807) is 9.75 Å². The highest BCUT2D eigenvalue weighted by atomic mass is 32.1. The van der Waals surface area contributed by atoms with Gasteiger partial charge in [0.1, 0.15) is 0 Å². The van der Waals surface area contributed by atoms with Gasteiger partial charge in [-0.1, -0.05) is 92.9 Å². The number of rotatable bonds is 14. The molecule has 3 heteroatoms. The van der Waals surface area contributed by atoms with Gasteiger partial charge in [-0.2, -0.15) is 0 Å². The Hall–Kier alpha value is -1.42. The van der Waals surface area contributed by atoms with Crippen LogP contribution in [0.3, 0.4) is 0 Å². The first-order valence-electron chi connectivity index (χ1n) is 15.6. The molecule has 0 nitrogen and oxygen atoms in total. The van der Waals surface area contributed by atoms with Crippen LogP contribution in [0.5, 0.6) is 0 Å². The molecule has 2 unspecified atom stereocenters. The number of benzene rings is 2. The first-order valence-corrected chi connectivity index (χ1v) is 18.1. The molecule has 210 valence electrons. The van der Waals surface area contributed by atoms with Crippen LogP contribution < -0.4 is 0 Å². The van der Waals surface area contributed by atoms with Crippen LogP contribution in [-0.2, 0) is 0 Å². The largest absolute Gasteiger partial charge is 0.140 e. The molecule has 3 heterocycles. The molecular formula is C36H48S3. The van der Waals surface area contributed by atoms with E-state index < -0.39 is 0 Å². The van der Waals surface area contributed by atoms with Crippen molar-refractivity contribution in [1.82, 2.24) is 0 Å². The Bertz CT molecular complexity index is 1400. The molecule has 2 atom stereocenters. The molecule has 0 N–H and O–H groups in total. The fraction of sp³-hybridized carbons (Fsp3) is 0.556. The normalized spacial score (nSPS) is 14.2. The van der Waals surface area contributed by atoms with Gasteiger partial charge in [0.05, 0.1) is 0 Å². The number of fused-ring (bicyclic) bond motifs is 5. The van der Waals surface area contributed by atoms with Gasteiger partial charge in [-0.15, -0.1) is 34.0 Å². The Labute approximate surface area is 248 Å². The monoisotopic (exact) mass is 576 g/mol. The lowest BCUT2D eigenvalue weighted by Gasteiger charge is -2.09. The average molecular weight is 577 g/mol. The van der Waals surface area contributed by atoms with Crippen molar-refractivity contribution in [2.24, 2.45) is 11.8 Å². The predicted octanol–water partition coefficient (Wildman–Crippen LogP) is 13.9. The molecule has 0 fully saturated rings. The third-order valence-electron chi connectivity index (χ3n) is 8.59. The minimum Gasteiger partial charge on any atom is -0.140 e. The van der Waals surface area contributed by atoms with Crippen LogP contribution in [0.1, 0.15) is 127 Å². The van der Waals surface area contributed by atoms with Gasteiger partial charge in [0.25, 0.3) is 0 Å².